The third kappa shape index (κ3) is 2.77. The maximum absolute atomic E-state index is 12.5. The Morgan fingerprint density at radius 2 is 2.13 bits per heavy atom. The molecule has 0 N–H and O–H groups in total. The Balaban J connectivity index is 1.48. The smallest absolute Gasteiger partial charge is 0.224 e. The molecular weight excluding hydrogens is 290 g/mol. The molecule has 0 aliphatic carbocycles. The SMILES string of the molecule is Cc1cccc(CN2C(=O)C[C@H]3[C@@H]2CCN3Cc2ccco2)n1. The van der Waals surface area contributed by atoms with Crippen molar-refractivity contribution in [2.24, 2.45) is 0 Å². The molecule has 0 unspecified atom stereocenters. The minimum atomic E-state index is 0.243. The summed E-state index contributed by atoms with van der Waals surface area (Å²) in [6.07, 6.45) is 3.35. The van der Waals surface area contributed by atoms with Gasteiger partial charge in [0, 0.05) is 30.7 Å². The molecule has 23 heavy (non-hydrogen) atoms. The van der Waals surface area contributed by atoms with Crippen molar-refractivity contribution in [1.29, 1.82) is 0 Å². The summed E-state index contributed by atoms with van der Waals surface area (Å²) in [6, 6.07) is 10.5. The number of likely N-dealkylation sites (tertiary alicyclic amines) is 2. The van der Waals surface area contributed by atoms with Gasteiger partial charge in [0.05, 0.1) is 25.0 Å². The second-order valence-corrected chi connectivity index (χ2v) is 6.47. The summed E-state index contributed by atoms with van der Waals surface area (Å²) in [5.74, 6) is 1.21. The molecule has 2 aliphatic rings. The Kier molecular flexibility index (Phi) is 3.65. The highest BCUT2D eigenvalue weighted by Gasteiger charge is 2.46. The third-order valence-electron chi connectivity index (χ3n) is 4.95. The van der Waals surface area contributed by atoms with Gasteiger partial charge in [-0.2, -0.15) is 0 Å². The Morgan fingerprint density at radius 1 is 1.22 bits per heavy atom. The van der Waals surface area contributed by atoms with Gasteiger partial charge in [0.1, 0.15) is 5.76 Å². The van der Waals surface area contributed by atoms with Crippen LogP contribution in [0.15, 0.2) is 41.0 Å². The molecular formula is C18H21N3O2. The van der Waals surface area contributed by atoms with E-state index < -0.39 is 0 Å². The van der Waals surface area contributed by atoms with Crippen LogP contribution in [-0.4, -0.2) is 39.3 Å². The van der Waals surface area contributed by atoms with Gasteiger partial charge in [0.15, 0.2) is 0 Å². The van der Waals surface area contributed by atoms with E-state index in [9.17, 15) is 4.79 Å². The minimum absolute atomic E-state index is 0.243. The molecule has 1 amide bonds. The van der Waals surface area contributed by atoms with E-state index in [1.165, 1.54) is 0 Å². The van der Waals surface area contributed by atoms with Crippen LogP contribution in [0.4, 0.5) is 0 Å². The van der Waals surface area contributed by atoms with Gasteiger partial charge in [-0.25, -0.2) is 0 Å². The van der Waals surface area contributed by atoms with E-state index in [1.807, 2.05) is 42.2 Å². The second-order valence-electron chi connectivity index (χ2n) is 6.47. The molecule has 120 valence electrons. The number of furan rings is 1. The zero-order valence-corrected chi connectivity index (χ0v) is 13.3. The van der Waals surface area contributed by atoms with E-state index in [4.69, 9.17) is 4.42 Å². The quantitative estimate of drug-likeness (QED) is 0.870. The number of hydrogen-bond donors (Lipinski definition) is 0. The average molecular weight is 311 g/mol. The highest BCUT2D eigenvalue weighted by atomic mass is 16.3. The number of hydrogen-bond acceptors (Lipinski definition) is 4. The summed E-state index contributed by atoms with van der Waals surface area (Å²) in [5, 5.41) is 0. The maximum Gasteiger partial charge on any atom is 0.224 e. The number of carbonyl (C=O) groups is 1. The first-order valence-electron chi connectivity index (χ1n) is 8.19. The molecule has 5 nitrogen and oxygen atoms in total. The zero-order valence-electron chi connectivity index (χ0n) is 13.3. The summed E-state index contributed by atoms with van der Waals surface area (Å²) in [4.78, 5) is 21.4. The summed E-state index contributed by atoms with van der Waals surface area (Å²) >= 11 is 0. The van der Waals surface area contributed by atoms with Crippen LogP contribution in [-0.2, 0) is 17.9 Å². The lowest BCUT2D eigenvalue weighted by Crippen LogP contribution is -2.36. The van der Waals surface area contributed by atoms with Crippen LogP contribution in [0.25, 0.3) is 0 Å². The molecule has 0 aromatic carbocycles. The molecule has 4 heterocycles. The molecule has 2 aromatic rings. The lowest BCUT2D eigenvalue weighted by molar-refractivity contribution is -0.129. The molecule has 2 aromatic heterocycles. The zero-order chi connectivity index (χ0) is 15.8. The molecule has 0 radical (unpaired) electrons. The number of nitrogens with zero attached hydrogens (tertiary/aromatic N) is 3. The van der Waals surface area contributed by atoms with Crippen molar-refractivity contribution in [2.75, 3.05) is 6.54 Å². The van der Waals surface area contributed by atoms with E-state index in [0.717, 1.165) is 36.7 Å². The van der Waals surface area contributed by atoms with Gasteiger partial charge in [-0.15, -0.1) is 0 Å². The normalized spacial score (nSPS) is 24.4. The van der Waals surface area contributed by atoms with Crippen LogP contribution in [0.5, 0.6) is 0 Å². The molecule has 4 rings (SSSR count). The predicted octanol–water partition coefficient (Wildman–Crippen LogP) is 2.36. The van der Waals surface area contributed by atoms with Crippen LogP contribution >= 0.6 is 0 Å². The summed E-state index contributed by atoms with van der Waals surface area (Å²) in [6.45, 7) is 4.41. The number of fused-ring (bicyclic) bond motifs is 1. The Hall–Kier alpha value is -2.14. The van der Waals surface area contributed by atoms with Crippen LogP contribution in [0.1, 0.15) is 30.0 Å². The van der Waals surface area contributed by atoms with Gasteiger partial charge in [0.2, 0.25) is 5.91 Å². The number of rotatable bonds is 4. The van der Waals surface area contributed by atoms with Crippen molar-refractivity contribution >= 4 is 5.91 Å². The Labute approximate surface area is 135 Å². The summed E-state index contributed by atoms with van der Waals surface area (Å²) in [7, 11) is 0. The van der Waals surface area contributed by atoms with Gasteiger partial charge in [-0.3, -0.25) is 14.7 Å². The molecule has 2 atom stereocenters. The summed E-state index contributed by atoms with van der Waals surface area (Å²) in [5.41, 5.74) is 1.97. The van der Waals surface area contributed by atoms with Gasteiger partial charge in [-0.05, 0) is 37.6 Å². The predicted molar refractivity (Wildman–Crippen MR) is 85.5 cm³/mol. The van der Waals surface area contributed by atoms with E-state index in [-0.39, 0.29) is 5.91 Å². The number of aromatic nitrogens is 1. The number of pyridine rings is 1. The molecule has 0 spiro atoms. The first-order valence-corrected chi connectivity index (χ1v) is 8.19. The molecule has 5 heteroatoms. The molecule has 0 saturated carbocycles. The fraction of sp³-hybridized carbons (Fsp3) is 0.444. The molecule has 0 bridgehead atoms. The lowest BCUT2D eigenvalue weighted by atomic mass is 10.1. The number of carbonyl (C=O) groups excluding carboxylic acids is 1. The topological polar surface area (TPSA) is 49.6 Å². The van der Waals surface area contributed by atoms with Crippen LogP contribution < -0.4 is 0 Å². The van der Waals surface area contributed by atoms with Crippen molar-refractivity contribution < 1.29 is 9.21 Å². The molecule has 2 saturated heterocycles. The minimum Gasteiger partial charge on any atom is -0.468 e. The number of amides is 1. The average Bonchev–Trinajstić information content (AvgIpc) is 3.22. The van der Waals surface area contributed by atoms with Crippen molar-refractivity contribution in [3.63, 3.8) is 0 Å². The molecule has 2 fully saturated rings. The van der Waals surface area contributed by atoms with Gasteiger partial charge < -0.3 is 9.32 Å². The standard InChI is InChI=1S/C18H21N3O2/c1-13-4-2-5-14(19-13)11-21-16-7-8-20(17(16)10-18(21)22)12-15-6-3-9-23-15/h2-6,9,16-17H,7-8,10-12H2,1H3/t16-,17-/m0/s1. The molecule has 2 aliphatic heterocycles. The highest BCUT2D eigenvalue weighted by molar-refractivity contribution is 5.80. The number of aryl methyl sites for hydroxylation is 1. The van der Waals surface area contributed by atoms with Crippen LogP contribution in [0.2, 0.25) is 0 Å². The maximum atomic E-state index is 12.5. The monoisotopic (exact) mass is 311 g/mol. The van der Waals surface area contributed by atoms with Crippen LogP contribution in [0, 0.1) is 6.92 Å². The third-order valence-corrected chi connectivity index (χ3v) is 4.95. The summed E-state index contributed by atoms with van der Waals surface area (Å²) < 4.78 is 5.46. The van der Waals surface area contributed by atoms with Crippen molar-refractivity contribution in [2.45, 2.75) is 44.9 Å². The van der Waals surface area contributed by atoms with Gasteiger partial charge >= 0.3 is 0 Å². The van der Waals surface area contributed by atoms with Gasteiger partial charge in [-0.1, -0.05) is 6.07 Å². The fourth-order valence-corrected chi connectivity index (χ4v) is 3.88. The van der Waals surface area contributed by atoms with Crippen molar-refractivity contribution in [1.82, 2.24) is 14.8 Å². The van der Waals surface area contributed by atoms with E-state index in [1.54, 1.807) is 6.26 Å². The van der Waals surface area contributed by atoms with Gasteiger partial charge in [0.25, 0.3) is 0 Å². The lowest BCUT2D eigenvalue weighted by Gasteiger charge is -2.25. The van der Waals surface area contributed by atoms with E-state index >= 15 is 0 Å². The fourth-order valence-electron chi connectivity index (χ4n) is 3.88. The highest BCUT2D eigenvalue weighted by Crippen LogP contribution is 2.34. The largest absolute Gasteiger partial charge is 0.468 e. The van der Waals surface area contributed by atoms with Crippen LogP contribution in [0.3, 0.4) is 0 Å². The van der Waals surface area contributed by atoms with E-state index in [2.05, 4.69) is 9.88 Å². The van der Waals surface area contributed by atoms with E-state index in [0.29, 0.717) is 25.0 Å². The first-order chi connectivity index (χ1) is 11.2. The Morgan fingerprint density at radius 3 is 2.91 bits per heavy atom. The Bertz CT molecular complexity index is 698. The van der Waals surface area contributed by atoms with Crippen molar-refractivity contribution in [3.8, 4) is 0 Å². The first kappa shape index (κ1) is 14.5. The van der Waals surface area contributed by atoms with Crippen molar-refractivity contribution in [3.05, 3.63) is 53.7 Å². The second kappa shape index (κ2) is 5.81.